The SMILES string of the molecule is O=Cc1cc2cc(OC(F)(F)F)cc(NS(=O)(=O)c3cccs3)c2[nH]1. The number of carbonyl (C=O) groups excluding carboxylic acids is 1. The number of alkyl halides is 3. The lowest BCUT2D eigenvalue weighted by Crippen LogP contribution is -2.17. The number of H-pyrrole nitrogens is 1. The zero-order valence-corrected chi connectivity index (χ0v) is 13.8. The number of aromatic amines is 1. The third-order valence-electron chi connectivity index (χ3n) is 3.09. The van der Waals surface area contributed by atoms with Crippen molar-refractivity contribution in [1.29, 1.82) is 0 Å². The maximum atomic E-state index is 12.5. The largest absolute Gasteiger partial charge is 0.573 e. The van der Waals surface area contributed by atoms with E-state index in [1.54, 1.807) is 5.38 Å². The molecule has 132 valence electrons. The van der Waals surface area contributed by atoms with E-state index in [0.29, 0.717) is 6.29 Å². The van der Waals surface area contributed by atoms with Gasteiger partial charge in [-0.1, -0.05) is 6.07 Å². The molecule has 3 aromatic rings. The van der Waals surface area contributed by atoms with E-state index in [-0.39, 0.29) is 26.5 Å². The number of thiophene rings is 1. The number of halogens is 3. The second-order valence-electron chi connectivity index (χ2n) is 4.86. The van der Waals surface area contributed by atoms with E-state index in [9.17, 15) is 26.4 Å². The first kappa shape index (κ1) is 17.3. The van der Waals surface area contributed by atoms with Crippen LogP contribution in [0.25, 0.3) is 10.9 Å². The average Bonchev–Trinajstić information content (AvgIpc) is 3.14. The normalized spacial score (nSPS) is 12.3. The van der Waals surface area contributed by atoms with Gasteiger partial charge in [0.25, 0.3) is 10.0 Å². The van der Waals surface area contributed by atoms with Crippen LogP contribution in [0.1, 0.15) is 10.5 Å². The lowest BCUT2D eigenvalue weighted by molar-refractivity contribution is -0.274. The van der Waals surface area contributed by atoms with Crippen LogP contribution in [-0.2, 0) is 10.0 Å². The number of hydrogen-bond donors (Lipinski definition) is 2. The molecule has 25 heavy (non-hydrogen) atoms. The molecular weight excluding hydrogens is 381 g/mol. The van der Waals surface area contributed by atoms with Crippen molar-refractivity contribution in [3.05, 3.63) is 41.4 Å². The fraction of sp³-hybridized carbons (Fsp3) is 0.0714. The van der Waals surface area contributed by atoms with Gasteiger partial charge in [-0.05, 0) is 23.6 Å². The van der Waals surface area contributed by atoms with Gasteiger partial charge in [0.05, 0.1) is 16.9 Å². The molecule has 1 aromatic carbocycles. The molecule has 0 radical (unpaired) electrons. The van der Waals surface area contributed by atoms with E-state index in [0.717, 1.165) is 23.5 Å². The van der Waals surface area contributed by atoms with Crippen molar-refractivity contribution in [3.63, 3.8) is 0 Å². The molecule has 0 saturated carbocycles. The predicted octanol–water partition coefficient (Wildman–Crippen LogP) is 3.74. The Labute approximate surface area is 143 Å². The number of fused-ring (bicyclic) bond motifs is 1. The number of benzene rings is 1. The first-order chi connectivity index (χ1) is 11.7. The summed E-state index contributed by atoms with van der Waals surface area (Å²) in [6, 6.07) is 6.11. The highest BCUT2D eigenvalue weighted by Gasteiger charge is 2.31. The van der Waals surface area contributed by atoms with Crippen molar-refractivity contribution >= 4 is 44.2 Å². The van der Waals surface area contributed by atoms with Gasteiger partial charge < -0.3 is 9.72 Å². The number of aldehydes is 1. The molecule has 0 spiro atoms. The number of anilines is 1. The minimum atomic E-state index is -4.94. The van der Waals surface area contributed by atoms with Gasteiger partial charge in [-0.15, -0.1) is 24.5 Å². The third-order valence-corrected chi connectivity index (χ3v) is 5.85. The summed E-state index contributed by atoms with van der Waals surface area (Å²) in [4.78, 5) is 13.5. The zero-order chi connectivity index (χ0) is 18.2. The van der Waals surface area contributed by atoms with Crippen molar-refractivity contribution < 1.29 is 31.1 Å². The number of rotatable bonds is 5. The lowest BCUT2D eigenvalue weighted by Gasteiger charge is -2.12. The molecule has 0 atom stereocenters. The molecule has 0 unspecified atom stereocenters. The van der Waals surface area contributed by atoms with E-state index in [1.807, 2.05) is 0 Å². The van der Waals surface area contributed by atoms with E-state index < -0.39 is 22.1 Å². The summed E-state index contributed by atoms with van der Waals surface area (Å²) in [5.41, 5.74) is 0.0748. The first-order valence-electron chi connectivity index (χ1n) is 6.62. The maximum Gasteiger partial charge on any atom is 0.573 e. The maximum absolute atomic E-state index is 12.5. The standard InChI is InChI=1S/C14H9F3N2O4S2/c15-14(16,17)23-10-5-8-4-9(7-20)18-13(8)11(6-10)19-25(21,22)12-2-1-3-24-12/h1-7,18-19H. The summed E-state index contributed by atoms with van der Waals surface area (Å²) in [6.07, 6.45) is -4.48. The van der Waals surface area contributed by atoms with Crippen molar-refractivity contribution in [2.24, 2.45) is 0 Å². The monoisotopic (exact) mass is 390 g/mol. The molecule has 0 bridgehead atoms. The van der Waals surface area contributed by atoms with Gasteiger partial charge in [0.1, 0.15) is 9.96 Å². The van der Waals surface area contributed by atoms with Crippen molar-refractivity contribution in [1.82, 2.24) is 4.98 Å². The highest BCUT2D eigenvalue weighted by atomic mass is 32.2. The Bertz CT molecular complexity index is 1020. The van der Waals surface area contributed by atoms with E-state index in [2.05, 4.69) is 14.4 Å². The zero-order valence-electron chi connectivity index (χ0n) is 12.1. The number of nitrogens with one attached hydrogen (secondary N) is 2. The Kier molecular flexibility index (Phi) is 4.21. The Morgan fingerprint density at radius 2 is 2.00 bits per heavy atom. The topological polar surface area (TPSA) is 88.3 Å². The lowest BCUT2D eigenvalue weighted by atomic mass is 10.2. The predicted molar refractivity (Wildman–Crippen MR) is 85.5 cm³/mol. The molecule has 0 aliphatic carbocycles. The Balaban J connectivity index is 2.11. The van der Waals surface area contributed by atoms with Crippen LogP contribution in [0.5, 0.6) is 5.75 Å². The van der Waals surface area contributed by atoms with Crippen LogP contribution in [0.3, 0.4) is 0 Å². The van der Waals surface area contributed by atoms with Crippen LogP contribution in [-0.4, -0.2) is 26.1 Å². The van der Waals surface area contributed by atoms with Gasteiger partial charge in [0.15, 0.2) is 6.29 Å². The molecular formula is C14H9F3N2O4S2. The number of hydrogen-bond acceptors (Lipinski definition) is 5. The molecule has 0 aliphatic rings. The Hall–Kier alpha value is -2.53. The van der Waals surface area contributed by atoms with Gasteiger partial charge in [0.2, 0.25) is 0 Å². The molecule has 6 nitrogen and oxygen atoms in total. The quantitative estimate of drug-likeness (QED) is 0.650. The second-order valence-corrected chi connectivity index (χ2v) is 7.72. The Morgan fingerprint density at radius 1 is 1.24 bits per heavy atom. The summed E-state index contributed by atoms with van der Waals surface area (Å²) in [7, 11) is -4.00. The van der Waals surface area contributed by atoms with Crippen LogP contribution in [0, 0.1) is 0 Å². The Morgan fingerprint density at radius 3 is 2.60 bits per heavy atom. The van der Waals surface area contributed by atoms with E-state index in [4.69, 9.17) is 0 Å². The minimum Gasteiger partial charge on any atom is -0.406 e. The summed E-state index contributed by atoms with van der Waals surface area (Å²) in [6.45, 7) is 0. The highest BCUT2D eigenvalue weighted by molar-refractivity contribution is 7.94. The fourth-order valence-electron chi connectivity index (χ4n) is 2.19. The van der Waals surface area contributed by atoms with Crippen molar-refractivity contribution in [2.75, 3.05) is 4.72 Å². The van der Waals surface area contributed by atoms with Gasteiger partial charge in [-0.25, -0.2) is 8.42 Å². The summed E-state index contributed by atoms with van der Waals surface area (Å²) in [5, 5.41) is 1.74. The van der Waals surface area contributed by atoms with Gasteiger partial charge in [-0.3, -0.25) is 9.52 Å². The van der Waals surface area contributed by atoms with Crippen molar-refractivity contribution in [2.45, 2.75) is 10.6 Å². The summed E-state index contributed by atoms with van der Waals surface area (Å²) in [5.74, 6) is -0.611. The highest BCUT2D eigenvalue weighted by Crippen LogP contribution is 2.34. The molecule has 2 heterocycles. The second kappa shape index (κ2) is 6.08. The molecule has 0 fully saturated rings. The molecule has 2 N–H and O–H groups in total. The number of sulfonamides is 1. The van der Waals surface area contributed by atoms with Gasteiger partial charge >= 0.3 is 6.36 Å². The number of ether oxygens (including phenoxy) is 1. The fourth-order valence-corrected chi connectivity index (χ4v) is 4.24. The van der Waals surface area contributed by atoms with Crippen molar-refractivity contribution in [3.8, 4) is 5.75 Å². The van der Waals surface area contributed by atoms with Gasteiger partial charge in [-0.2, -0.15) is 0 Å². The average molecular weight is 390 g/mol. The molecule has 0 amide bonds. The molecule has 2 aromatic heterocycles. The molecule has 3 rings (SSSR count). The summed E-state index contributed by atoms with van der Waals surface area (Å²) >= 11 is 0.950. The number of aromatic nitrogens is 1. The number of carbonyl (C=O) groups is 1. The smallest absolute Gasteiger partial charge is 0.406 e. The van der Waals surface area contributed by atoms with Crippen LogP contribution in [0.2, 0.25) is 0 Å². The van der Waals surface area contributed by atoms with Crippen LogP contribution >= 0.6 is 11.3 Å². The van der Waals surface area contributed by atoms with E-state index in [1.165, 1.54) is 18.2 Å². The molecule has 0 saturated heterocycles. The molecule has 11 heteroatoms. The molecule has 0 aliphatic heterocycles. The van der Waals surface area contributed by atoms with Crippen LogP contribution in [0.15, 0.2) is 39.9 Å². The first-order valence-corrected chi connectivity index (χ1v) is 8.98. The minimum absolute atomic E-state index is 0.00930. The third kappa shape index (κ3) is 3.77. The van der Waals surface area contributed by atoms with Crippen LogP contribution < -0.4 is 9.46 Å². The van der Waals surface area contributed by atoms with Crippen LogP contribution in [0.4, 0.5) is 18.9 Å². The van der Waals surface area contributed by atoms with E-state index >= 15 is 0 Å². The van der Waals surface area contributed by atoms with Gasteiger partial charge in [0, 0.05) is 11.5 Å². The summed E-state index contributed by atoms with van der Waals surface area (Å²) < 4.78 is 68.2.